The number of nitrogens with one attached hydrogen (secondary N) is 1. The molecule has 1 aliphatic heterocycles. The van der Waals surface area contributed by atoms with Gasteiger partial charge in [-0.2, -0.15) is 0 Å². The number of benzene rings is 2. The molecule has 1 N–H and O–H groups in total. The number of hydrogen-bond acceptors (Lipinski definition) is 5. The monoisotopic (exact) mass is 373 g/mol. The summed E-state index contributed by atoms with van der Waals surface area (Å²) in [5.41, 5.74) is 4.86. The van der Waals surface area contributed by atoms with Crippen molar-refractivity contribution in [3.05, 3.63) is 71.5 Å². The van der Waals surface area contributed by atoms with Crippen molar-refractivity contribution >= 4 is 23.0 Å². The fourth-order valence-electron chi connectivity index (χ4n) is 3.70. The third-order valence-corrected chi connectivity index (χ3v) is 5.19. The second kappa shape index (κ2) is 7.89. The van der Waals surface area contributed by atoms with Crippen molar-refractivity contribution in [2.75, 3.05) is 41.3 Å². The zero-order valence-electron chi connectivity index (χ0n) is 16.8. The van der Waals surface area contributed by atoms with Crippen LogP contribution >= 0.6 is 0 Å². The van der Waals surface area contributed by atoms with Crippen LogP contribution in [0.4, 0.5) is 23.0 Å². The summed E-state index contributed by atoms with van der Waals surface area (Å²) >= 11 is 0. The molecule has 0 saturated carbocycles. The van der Waals surface area contributed by atoms with E-state index in [1.54, 1.807) is 0 Å². The van der Waals surface area contributed by atoms with Crippen molar-refractivity contribution in [1.29, 1.82) is 0 Å². The lowest BCUT2D eigenvalue weighted by Crippen LogP contribution is -2.46. The molecule has 0 amide bonds. The fourth-order valence-corrected chi connectivity index (χ4v) is 3.70. The van der Waals surface area contributed by atoms with E-state index in [1.165, 1.54) is 16.8 Å². The maximum Gasteiger partial charge on any atom is 0.136 e. The first kappa shape index (κ1) is 18.3. The first-order chi connectivity index (χ1) is 13.6. The summed E-state index contributed by atoms with van der Waals surface area (Å²) < 4.78 is 0. The van der Waals surface area contributed by atoms with Gasteiger partial charge in [0, 0.05) is 43.6 Å². The number of rotatable bonds is 4. The van der Waals surface area contributed by atoms with Gasteiger partial charge in [0.25, 0.3) is 0 Å². The number of hydrogen-bond donors (Lipinski definition) is 1. The van der Waals surface area contributed by atoms with Crippen molar-refractivity contribution < 1.29 is 0 Å². The maximum atomic E-state index is 4.69. The van der Waals surface area contributed by atoms with E-state index in [0.29, 0.717) is 0 Å². The zero-order valence-corrected chi connectivity index (χ0v) is 16.8. The molecule has 0 aliphatic carbocycles. The number of para-hydroxylation sites is 1. The predicted octanol–water partition coefficient (Wildman–Crippen LogP) is 4.47. The molecule has 0 bridgehead atoms. The lowest BCUT2D eigenvalue weighted by atomic mass is 10.1. The lowest BCUT2D eigenvalue weighted by Gasteiger charge is -2.36. The molecule has 5 heteroatoms. The number of nitrogens with zero attached hydrogens (tertiary/aromatic N) is 4. The van der Waals surface area contributed by atoms with E-state index in [9.17, 15) is 0 Å². The van der Waals surface area contributed by atoms with Crippen molar-refractivity contribution in [2.24, 2.45) is 0 Å². The Bertz CT molecular complexity index is 946. The largest absolute Gasteiger partial charge is 0.368 e. The van der Waals surface area contributed by atoms with Gasteiger partial charge in [-0.15, -0.1) is 0 Å². The molecule has 28 heavy (non-hydrogen) atoms. The molecule has 1 fully saturated rings. The second-order valence-corrected chi connectivity index (χ2v) is 7.41. The molecule has 0 spiro atoms. The van der Waals surface area contributed by atoms with Gasteiger partial charge >= 0.3 is 0 Å². The van der Waals surface area contributed by atoms with Gasteiger partial charge in [-0.05, 0) is 44.5 Å². The van der Waals surface area contributed by atoms with Crippen molar-refractivity contribution in [3.63, 3.8) is 0 Å². The van der Waals surface area contributed by atoms with E-state index in [2.05, 4.69) is 93.5 Å². The van der Waals surface area contributed by atoms with Gasteiger partial charge in [0.2, 0.25) is 0 Å². The first-order valence-corrected chi connectivity index (χ1v) is 9.83. The molecule has 2 heterocycles. The summed E-state index contributed by atoms with van der Waals surface area (Å²) in [4.78, 5) is 14.1. The molecule has 0 unspecified atom stereocenters. The standard InChI is InChI=1S/C23H27N5/c1-17-9-10-21(18(2)15-17)26-22-16-23(25-19(3)24-22)28-13-11-27(12-14-28)20-7-5-4-6-8-20/h4-10,15-16H,11-14H2,1-3H3,(H,24,25,26). The molecular weight excluding hydrogens is 346 g/mol. The smallest absolute Gasteiger partial charge is 0.136 e. The highest BCUT2D eigenvalue weighted by atomic mass is 15.3. The zero-order chi connectivity index (χ0) is 19.5. The molecule has 1 saturated heterocycles. The Labute approximate surface area is 167 Å². The van der Waals surface area contributed by atoms with Crippen LogP contribution < -0.4 is 15.1 Å². The van der Waals surface area contributed by atoms with E-state index >= 15 is 0 Å². The number of piperazine rings is 1. The van der Waals surface area contributed by atoms with Crippen LogP contribution in [0.3, 0.4) is 0 Å². The topological polar surface area (TPSA) is 44.3 Å². The van der Waals surface area contributed by atoms with Gasteiger partial charge < -0.3 is 15.1 Å². The van der Waals surface area contributed by atoms with Crippen LogP contribution in [-0.4, -0.2) is 36.1 Å². The van der Waals surface area contributed by atoms with Crippen LogP contribution in [0.2, 0.25) is 0 Å². The number of anilines is 4. The summed E-state index contributed by atoms with van der Waals surface area (Å²) in [6.45, 7) is 10.1. The second-order valence-electron chi connectivity index (χ2n) is 7.41. The van der Waals surface area contributed by atoms with Crippen LogP contribution in [0.5, 0.6) is 0 Å². The molecule has 0 radical (unpaired) electrons. The molecule has 3 aromatic rings. The SMILES string of the molecule is Cc1ccc(Nc2cc(N3CCN(c4ccccc4)CC3)nc(C)n2)c(C)c1. The Hall–Kier alpha value is -3.08. The summed E-state index contributed by atoms with van der Waals surface area (Å²) in [5, 5.41) is 3.47. The van der Waals surface area contributed by atoms with E-state index < -0.39 is 0 Å². The predicted molar refractivity (Wildman–Crippen MR) is 117 cm³/mol. The Balaban J connectivity index is 1.48. The minimum atomic E-state index is 0.787. The van der Waals surface area contributed by atoms with Gasteiger partial charge in [-0.3, -0.25) is 0 Å². The molecule has 1 aliphatic rings. The van der Waals surface area contributed by atoms with Crippen LogP contribution in [0.15, 0.2) is 54.6 Å². The van der Waals surface area contributed by atoms with Crippen LogP contribution in [0.25, 0.3) is 0 Å². The van der Waals surface area contributed by atoms with Crippen molar-refractivity contribution in [1.82, 2.24) is 9.97 Å². The quantitative estimate of drug-likeness (QED) is 0.731. The third kappa shape index (κ3) is 4.09. The molecule has 0 atom stereocenters. The van der Waals surface area contributed by atoms with Gasteiger partial charge in [0.1, 0.15) is 17.5 Å². The van der Waals surface area contributed by atoms with E-state index in [0.717, 1.165) is 49.3 Å². The summed E-state index contributed by atoms with van der Waals surface area (Å²) in [6, 6.07) is 19.1. The molecule has 144 valence electrons. The Morgan fingerprint density at radius 1 is 0.786 bits per heavy atom. The van der Waals surface area contributed by atoms with Gasteiger partial charge in [-0.1, -0.05) is 35.9 Å². The van der Waals surface area contributed by atoms with Gasteiger partial charge in [-0.25, -0.2) is 9.97 Å². The highest BCUT2D eigenvalue weighted by Crippen LogP contribution is 2.24. The molecule has 4 rings (SSSR count). The van der Waals surface area contributed by atoms with Crippen molar-refractivity contribution in [2.45, 2.75) is 20.8 Å². The van der Waals surface area contributed by atoms with Gasteiger partial charge in [0.15, 0.2) is 0 Å². The average molecular weight is 374 g/mol. The van der Waals surface area contributed by atoms with E-state index in [-0.39, 0.29) is 0 Å². The Kier molecular flexibility index (Phi) is 5.15. The third-order valence-electron chi connectivity index (χ3n) is 5.19. The Morgan fingerprint density at radius 3 is 2.21 bits per heavy atom. The summed E-state index contributed by atoms with van der Waals surface area (Å²) in [6.07, 6.45) is 0. The number of aromatic nitrogens is 2. The van der Waals surface area contributed by atoms with Crippen molar-refractivity contribution in [3.8, 4) is 0 Å². The fraction of sp³-hybridized carbons (Fsp3) is 0.304. The molecule has 2 aromatic carbocycles. The highest BCUT2D eigenvalue weighted by molar-refractivity contribution is 5.63. The maximum absolute atomic E-state index is 4.69. The van der Waals surface area contributed by atoms with Gasteiger partial charge in [0.05, 0.1) is 0 Å². The molecule has 5 nitrogen and oxygen atoms in total. The van der Waals surface area contributed by atoms with E-state index in [4.69, 9.17) is 0 Å². The minimum Gasteiger partial charge on any atom is -0.368 e. The Morgan fingerprint density at radius 2 is 1.50 bits per heavy atom. The summed E-state index contributed by atoms with van der Waals surface area (Å²) in [7, 11) is 0. The molecule has 1 aromatic heterocycles. The number of aryl methyl sites for hydroxylation is 3. The molecular formula is C23H27N5. The van der Waals surface area contributed by atoms with Crippen LogP contribution in [0.1, 0.15) is 17.0 Å². The highest BCUT2D eigenvalue weighted by Gasteiger charge is 2.19. The average Bonchev–Trinajstić information content (AvgIpc) is 2.70. The lowest BCUT2D eigenvalue weighted by molar-refractivity contribution is 0.646. The summed E-state index contributed by atoms with van der Waals surface area (Å²) in [5.74, 6) is 2.63. The normalized spacial score (nSPS) is 14.2. The first-order valence-electron chi connectivity index (χ1n) is 9.83. The van der Waals surface area contributed by atoms with E-state index in [1.807, 2.05) is 6.92 Å². The van der Waals surface area contributed by atoms with Crippen LogP contribution in [0, 0.1) is 20.8 Å². The van der Waals surface area contributed by atoms with Crippen LogP contribution in [-0.2, 0) is 0 Å². The minimum absolute atomic E-state index is 0.787.